The molecule has 2 aromatic carbocycles. The van der Waals surface area contributed by atoms with Crippen LogP contribution < -0.4 is 0 Å². The molecule has 2 aromatic rings. The van der Waals surface area contributed by atoms with Gasteiger partial charge < -0.3 is 4.74 Å². The van der Waals surface area contributed by atoms with Crippen LogP contribution in [0.4, 0.5) is 0 Å². The Bertz CT molecular complexity index is 880. The summed E-state index contributed by atoms with van der Waals surface area (Å²) in [5.41, 5.74) is 4.68. The summed E-state index contributed by atoms with van der Waals surface area (Å²) in [6, 6.07) is 12.9. The van der Waals surface area contributed by atoms with Gasteiger partial charge in [0.1, 0.15) is 0 Å². The van der Waals surface area contributed by atoms with Gasteiger partial charge in [-0.2, -0.15) is 0 Å². The van der Waals surface area contributed by atoms with Gasteiger partial charge in [0.15, 0.2) is 5.60 Å². The third-order valence-corrected chi connectivity index (χ3v) is 4.51. The van der Waals surface area contributed by atoms with Crippen molar-refractivity contribution in [2.24, 2.45) is 0 Å². The lowest BCUT2D eigenvalue weighted by atomic mass is 9.79. The molecule has 0 N–H and O–H groups in total. The first-order valence-electron chi connectivity index (χ1n) is 6.87. The highest BCUT2D eigenvalue weighted by Crippen LogP contribution is 2.50. The highest BCUT2D eigenvalue weighted by atomic mass is 16.5. The fourth-order valence-electron chi connectivity index (χ4n) is 3.53. The van der Waals surface area contributed by atoms with Crippen LogP contribution in [-0.2, 0) is 4.74 Å². The second-order valence-corrected chi connectivity index (χ2v) is 5.44. The Kier molecular flexibility index (Phi) is 1.70. The predicted molar refractivity (Wildman–Crippen MR) is 82.0 cm³/mol. The second-order valence-electron chi connectivity index (χ2n) is 5.44. The monoisotopic (exact) mass is 256 g/mol. The van der Waals surface area contributed by atoms with Crippen LogP contribution in [0.15, 0.2) is 72.5 Å². The molecule has 5 rings (SSSR count). The van der Waals surface area contributed by atoms with E-state index < -0.39 is 0 Å². The van der Waals surface area contributed by atoms with Gasteiger partial charge in [0.05, 0.1) is 6.26 Å². The van der Waals surface area contributed by atoms with Crippen LogP contribution in [0.25, 0.3) is 22.4 Å². The molecule has 20 heavy (non-hydrogen) atoms. The normalized spacial score (nSPS) is 24.8. The van der Waals surface area contributed by atoms with E-state index in [1.165, 1.54) is 33.0 Å². The molecule has 0 unspecified atom stereocenters. The summed E-state index contributed by atoms with van der Waals surface area (Å²) in [6.07, 6.45) is 12.6. The third-order valence-electron chi connectivity index (χ3n) is 4.51. The van der Waals surface area contributed by atoms with Crippen LogP contribution in [0, 0.1) is 0 Å². The number of benzene rings is 2. The molecule has 0 fully saturated rings. The topological polar surface area (TPSA) is 9.23 Å². The lowest BCUT2D eigenvalue weighted by molar-refractivity contribution is 0.180. The van der Waals surface area contributed by atoms with Crippen molar-refractivity contribution in [1.82, 2.24) is 0 Å². The number of ether oxygens (including phenoxy) is 1. The van der Waals surface area contributed by atoms with Crippen molar-refractivity contribution < 1.29 is 4.74 Å². The van der Waals surface area contributed by atoms with Crippen molar-refractivity contribution in [2.45, 2.75) is 5.60 Å². The minimum Gasteiger partial charge on any atom is -0.481 e. The summed E-state index contributed by atoms with van der Waals surface area (Å²) in [5.74, 6) is 0. The Morgan fingerprint density at radius 2 is 1.85 bits per heavy atom. The van der Waals surface area contributed by atoms with Crippen LogP contribution in [0.1, 0.15) is 11.1 Å². The van der Waals surface area contributed by atoms with Crippen molar-refractivity contribution in [3.63, 3.8) is 0 Å². The average Bonchev–Trinajstić information content (AvgIpc) is 3.04. The summed E-state index contributed by atoms with van der Waals surface area (Å²) in [7, 11) is 0. The van der Waals surface area contributed by atoms with Crippen molar-refractivity contribution in [1.29, 1.82) is 0 Å². The Morgan fingerprint density at radius 1 is 0.900 bits per heavy atom. The maximum atomic E-state index is 5.93. The molecule has 94 valence electrons. The van der Waals surface area contributed by atoms with E-state index >= 15 is 0 Å². The molecule has 1 heteroatoms. The summed E-state index contributed by atoms with van der Waals surface area (Å²) in [5, 5.41) is 2.58. The van der Waals surface area contributed by atoms with Gasteiger partial charge in [-0.25, -0.2) is 0 Å². The number of rotatable bonds is 0. The van der Waals surface area contributed by atoms with Crippen LogP contribution in [-0.4, -0.2) is 5.60 Å². The molecule has 1 atom stereocenters. The Balaban J connectivity index is 1.84. The maximum absolute atomic E-state index is 5.93. The Labute approximate surface area is 117 Å². The van der Waals surface area contributed by atoms with Gasteiger partial charge in [-0.15, -0.1) is 0 Å². The van der Waals surface area contributed by atoms with E-state index in [4.69, 9.17) is 4.74 Å². The van der Waals surface area contributed by atoms with Gasteiger partial charge in [-0.1, -0.05) is 54.6 Å². The van der Waals surface area contributed by atoms with Gasteiger partial charge in [0, 0.05) is 11.1 Å². The molecule has 1 spiro atoms. The smallest absolute Gasteiger partial charge is 0.177 e. The minimum absolute atomic E-state index is 0.366. The molecule has 0 bridgehead atoms. The van der Waals surface area contributed by atoms with Crippen molar-refractivity contribution >= 4 is 22.4 Å². The fraction of sp³-hybridized carbons (Fsp3) is 0.0526. The maximum Gasteiger partial charge on any atom is 0.177 e. The van der Waals surface area contributed by atoms with Crippen LogP contribution in [0.3, 0.4) is 0 Å². The van der Waals surface area contributed by atoms with E-state index in [-0.39, 0.29) is 5.60 Å². The second kappa shape index (κ2) is 3.31. The van der Waals surface area contributed by atoms with Crippen molar-refractivity contribution in [2.75, 3.05) is 0 Å². The summed E-state index contributed by atoms with van der Waals surface area (Å²) < 4.78 is 5.93. The van der Waals surface area contributed by atoms with E-state index in [9.17, 15) is 0 Å². The summed E-state index contributed by atoms with van der Waals surface area (Å²) in [6.45, 7) is 0. The van der Waals surface area contributed by atoms with E-state index in [2.05, 4.69) is 66.8 Å². The van der Waals surface area contributed by atoms with Crippen LogP contribution in [0.5, 0.6) is 0 Å². The highest BCUT2D eigenvalue weighted by molar-refractivity contribution is 6.01. The zero-order chi connectivity index (χ0) is 13.2. The molecule has 0 saturated heterocycles. The van der Waals surface area contributed by atoms with E-state index in [0.29, 0.717) is 0 Å². The van der Waals surface area contributed by atoms with Gasteiger partial charge >= 0.3 is 0 Å². The highest BCUT2D eigenvalue weighted by Gasteiger charge is 2.44. The number of allylic oxidation sites excluding steroid dienone is 2. The molecule has 3 aliphatic rings. The van der Waals surface area contributed by atoms with Gasteiger partial charge in [0.25, 0.3) is 0 Å². The predicted octanol–water partition coefficient (Wildman–Crippen LogP) is 4.47. The van der Waals surface area contributed by atoms with Crippen LogP contribution in [0.2, 0.25) is 0 Å². The number of hydrogen-bond donors (Lipinski definition) is 0. The SMILES string of the molecule is C1=CC2=CC=C3c4ccc5ccccc5c4C=C[C@@]23O1. The molecule has 1 aliphatic heterocycles. The number of hydrogen-bond acceptors (Lipinski definition) is 1. The molecular formula is C19H12O. The number of fused-ring (bicyclic) bond motifs is 4. The van der Waals surface area contributed by atoms with Gasteiger partial charge in [-0.05, 0) is 34.1 Å². The first kappa shape index (κ1) is 10.3. The lowest BCUT2D eigenvalue weighted by Gasteiger charge is -2.31. The zero-order valence-corrected chi connectivity index (χ0v) is 10.8. The van der Waals surface area contributed by atoms with Crippen LogP contribution >= 0.6 is 0 Å². The minimum atomic E-state index is -0.366. The quantitative estimate of drug-likeness (QED) is 0.675. The van der Waals surface area contributed by atoms with Gasteiger partial charge in [-0.3, -0.25) is 0 Å². The standard InChI is InChI=1S/C19H12O/c1-2-4-15-13(3-1)5-7-17-16(15)9-11-19-14(10-12-20-19)6-8-18(17)19/h1-12H/t19-/m1/s1. The largest absolute Gasteiger partial charge is 0.481 e. The first-order chi connectivity index (χ1) is 9.88. The molecule has 2 aliphatic carbocycles. The van der Waals surface area contributed by atoms with Crippen molar-refractivity contribution in [3.8, 4) is 0 Å². The van der Waals surface area contributed by atoms with Gasteiger partial charge in [0.2, 0.25) is 0 Å². The molecule has 1 heterocycles. The van der Waals surface area contributed by atoms with E-state index in [1.807, 2.05) is 0 Å². The van der Waals surface area contributed by atoms with Crippen molar-refractivity contribution in [3.05, 3.63) is 83.7 Å². The molecular weight excluding hydrogens is 244 g/mol. The Morgan fingerprint density at radius 3 is 2.85 bits per heavy atom. The molecule has 0 amide bonds. The Hall–Kier alpha value is -2.54. The van der Waals surface area contributed by atoms with E-state index in [1.54, 1.807) is 6.26 Å². The fourth-order valence-corrected chi connectivity index (χ4v) is 3.53. The zero-order valence-electron chi connectivity index (χ0n) is 10.8. The average molecular weight is 256 g/mol. The van der Waals surface area contributed by atoms with E-state index in [0.717, 1.165) is 0 Å². The summed E-state index contributed by atoms with van der Waals surface area (Å²) in [4.78, 5) is 0. The molecule has 0 saturated carbocycles. The molecule has 0 aromatic heterocycles. The summed E-state index contributed by atoms with van der Waals surface area (Å²) >= 11 is 0. The third kappa shape index (κ3) is 1.05. The molecule has 0 radical (unpaired) electrons. The lowest BCUT2D eigenvalue weighted by Crippen LogP contribution is -2.29. The first-order valence-corrected chi connectivity index (χ1v) is 6.87. The molecule has 1 nitrogen and oxygen atoms in total.